The van der Waals surface area contributed by atoms with E-state index >= 15 is 0 Å². The van der Waals surface area contributed by atoms with Crippen molar-refractivity contribution < 1.29 is 13.2 Å². The Bertz CT molecular complexity index is 425. The first-order chi connectivity index (χ1) is 8.66. The number of nitrogens with zero attached hydrogens (tertiary/aromatic N) is 3. The molecule has 1 atom stereocenters. The maximum absolute atomic E-state index is 12.5. The molecule has 2 fully saturated rings. The van der Waals surface area contributed by atoms with Crippen LogP contribution in [0.3, 0.4) is 0 Å². The third-order valence-corrected chi connectivity index (χ3v) is 5.60. The Balaban J connectivity index is 2.23. The molecular formula is C11H19N3O3S. The Morgan fingerprint density at radius 3 is 2.33 bits per heavy atom. The van der Waals surface area contributed by atoms with Crippen molar-refractivity contribution in [2.24, 2.45) is 4.99 Å². The van der Waals surface area contributed by atoms with Crippen LogP contribution < -0.4 is 0 Å². The summed E-state index contributed by atoms with van der Waals surface area (Å²) in [5, 5.41) is 0. The van der Waals surface area contributed by atoms with Crippen molar-refractivity contribution in [2.45, 2.75) is 44.7 Å². The Hall–Kier alpha value is -0.750. The van der Waals surface area contributed by atoms with Gasteiger partial charge in [-0.05, 0) is 32.1 Å². The molecule has 7 heteroatoms. The minimum absolute atomic E-state index is 0.453. The van der Waals surface area contributed by atoms with Crippen LogP contribution >= 0.6 is 0 Å². The normalized spacial score (nSPS) is 27.7. The van der Waals surface area contributed by atoms with Gasteiger partial charge in [0.25, 0.3) is 10.2 Å². The molecule has 2 rings (SSSR count). The van der Waals surface area contributed by atoms with Gasteiger partial charge >= 0.3 is 0 Å². The average molecular weight is 273 g/mol. The van der Waals surface area contributed by atoms with Crippen molar-refractivity contribution in [3.05, 3.63) is 0 Å². The topological polar surface area (TPSA) is 70.0 Å². The van der Waals surface area contributed by atoms with E-state index in [1.54, 1.807) is 0 Å². The van der Waals surface area contributed by atoms with Gasteiger partial charge < -0.3 is 0 Å². The minimum Gasteiger partial charge on any atom is -0.211 e. The standard InChI is InChI=1S/C11H19N3O3S/c15-10-12-11-6-2-1-3-9-14(11)18(16,17)13-7-4-5-8-13/h11H,1-9H2. The fourth-order valence-electron chi connectivity index (χ4n) is 2.59. The largest absolute Gasteiger partial charge is 0.283 e. The fraction of sp³-hybridized carbons (Fsp3) is 0.909. The van der Waals surface area contributed by atoms with Gasteiger partial charge in [-0.1, -0.05) is 6.42 Å². The molecule has 0 amide bonds. The Kier molecular flexibility index (Phi) is 4.50. The summed E-state index contributed by atoms with van der Waals surface area (Å²) in [6.45, 7) is 1.61. The zero-order chi connectivity index (χ0) is 13.0. The van der Waals surface area contributed by atoms with Crippen LogP contribution in [0.4, 0.5) is 0 Å². The number of hydrogen-bond donors (Lipinski definition) is 0. The number of carbonyl (C=O) groups excluding carboxylic acids is 1. The lowest BCUT2D eigenvalue weighted by Crippen LogP contribution is -2.46. The molecule has 1 unspecified atom stereocenters. The van der Waals surface area contributed by atoms with Gasteiger partial charge in [-0.3, -0.25) is 0 Å². The molecule has 2 aliphatic rings. The van der Waals surface area contributed by atoms with Crippen molar-refractivity contribution >= 4 is 16.3 Å². The van der Waals surface area contributed by atoms with E-state index in [9.17, 15) is 13.2 Å². The van der Waals surface area contributed by atoms with Gasteiger partial charge in [0.15, 0.2) is 0 Å². The summed E-state index contributed by atoms with van der Waals surface area (Å²) in [4.78, 5) is 14.1. The molecule has 6 nitrogen and oxygen atoms in total. The van der Waals surface area contributed by atoms with Crippen molar-refractivity contribution in [1.82, 2.24) is 8.61 Å². The predicted molar refractivity (Wildman–Crippen MR) is 66.8 cm³/mol. The lowest BCUT2D eigenvalue weighted by molar-refractivity contribution is 0.301. The number of aliphatic imine (C=N–C) groups is 1. The molecule has 0 aromatic heterocycles. The molecule has 102 valence electrons. The van der Waals surface area contributed by atoms with Gasteiger partial charge in [0.05, 0.1) is 0 Å². The molecule has 0 spiro atoms. The van der Waals surface area contributed by atoms with Gasteiger partial charge in [-0.15, -0.1) is 0 Å². The maximum atomic E-state index is 12.5. The van der Waals surface area contributed by atoms with E-state index in [0.29, 0.717) is 26.1 Å². The van der Waals surface area contributed by atoms with Crippen molar-refractivity contribution in [2.75, 3.05) is 19.6 Å². The lowest BCUT2D eigenvalue weighted by atomic mass is 10.2. The summed E-state index contributed by atoms with van der Waals surface area (Å²) in [7, 11) is -3.46. The molecule has 2 aliphatic heterocycles. The van der Waals surface area contributed by atoms with Gasteiger partial charge in [0.2, 0.25) is 6.08 Å². The molecule has 0 radical (unpaired) electrons. The number of rotatable bonds is 3. The van der Waals surface area contributed by atoms with E-state index in [1.165, 1.54) is 14.7 Å². The molecule has 0 aromatic carbocycles. The van der Waals surface area contributed by atoms with Crippen LogP contribution in [0.2, 0.25) is 0 Å². The van der Waals surface area contributed by atoms with Gasteiger partial charge in [-0.2, -0.15) is 22.0 Å². The Morgan fingerprint density at radius 2 is 1.67 bits per heavy atom. The summed E-state index contributed by atoms with van der Waals surface area (Å²) >= 11 is 0. The molecule has 0 N–H and O–H groups in total. The van der Waals surface area contributed by atoms with E-state index in [0.717, 1.165) is 32.1 Å². The van der Waals surface area contributed by atoms with Crippen LogP contribution in [0.5, 0.6) is 0 Å². The third-order valence-electron chi connectivity index (χ3n) is 3.56. The van der Waals surface area contributed by atoms with E-state index in [4.69, 9.17) is 0 Å². The average Bonchev–Trinajstić information content (AvgIpc) is 2.78. The minimum atomic E-state index is -3.46. The molecule has 0 bridgehead atoms. The van der Waals surface area contributed by atoms with Gasteiger partial charge in [0, 0.05) is 19.6 Å². The number of isocyanates is 1. The van der Waals surface area contributed by atoms with Crippen LogP contribution in [-0.4, -0.2) is 48.9 Å². The summed E-state index contributed by atoms with van der Waals surface area (Å²) in [6.07, 6.45) is 6.10. The molecule has 0 aliphatic carbocycles. The second kappa shape index (κ2) is 5.93. The second-order valence-electron chi connectivity index (χ2n) is 4.77. The quantitative estimate of drug-likeness (QED) is 0.566. The predicted octanol–water partition coefficient (Wildman–Crippen LogP) is 0.865. The monoisotopic (exact) mass is 273 g/mol. The first-order valence-corrected chi connectivity index (χ1v) is 7.90. The summed E-state index contributed by atoms with van der Waals surface area (Å²) < 4.78 is 27.9. The third kappa shape index (κ3) is 2.80. The molecule has 2 saturated heterocycles. The second-order valence-corrected chi connectivity index (χ2v) is 6.66. The maximum Gasteiger partial charge on any atom is 0.283 e. The molecule has 0 aromatic rings. The first-order valence-electron chi connectivity index (χ1n) is 6.50. The summed E-state index contributed by atoms with van der Waals surface area (Å²) in [5.74, 6) is 0. The highest BCUT2D eigenvalue weighted by molar-refractivity contribution is 7.86. The van der Waals surface area contributed by atoms with E-state index in [-0.39, 0.29) is 0 Å². The SMILES string of the molecule is O=C=NC1CCCCCN1S(=O)(=O)N1CCCC1. The Morgan fingerprint density at radius 1 is 1.00 bits per heavy atom. The molecule has 18 heavy (non-hydrogen) atoms. The van der Waals surface area contributed by atoms with Gasteiger partial charge in [0.1, 0.15) is 6.17 Å². The zero-order valence-electron chi connectivity index (χ0n) is 10.4. The molecule has 2 heterocycles. The first kappa shape index (κ1) is 13.7. The smallest absolute Gasteiger partial charge is 0.211 e. The van der Waals surface area contributed by atoms with Crippen molar-refractivity contribution in [3.8, 4) is 0 Å². The van der Waals surface area contributed by atoms with Crippen LogP contribution in [0, 0.1) is 0 Å². The van der Waals surface area contributed by atoms with Crippen LogP contribution in [0.1, 0.15) is 38.5 Å². The van der Waals surface area contributed by atoms with Crippen LogP contribution in [-0.2, 0) is 15.0 Å². The van der Waals surface area contributed by atoms with Crippen molar-refractivity contribution in [1.29, 1.82) is 0 Å². The molecule has 0 saturated carbocycles. The number of hydrogen-bond acceptors (Lipinski definition) is 4. The van der Waals surface area contributed by atoms with E-state index in [1.807, 2.05) is 0 Å². The van der Waals surface area contributed by atoms with Gasteiger partial charge in [-0.25, -0.2) is 4.79 Å². The van der Waals surface area contributed by atoms with E-state index < -0.39 is 16.4 Å². The Labute approximate surface area is 108 Å². The van der Waals surface area contributed by atoms with Crippen LogP contribution in [0.25, 0.3) is 0 Å². The van der Waals surface area contributed by atoms with Crippen molar-refractivity contribution in [3.63, 3.8) is 0 Å². The summed E-state index contributed by atoms with van der Waals surface area (Å²) in [6, 6.07) is 0. The van der Waals surface area contributed by atoms with Crippen LogP contribution in [0.15, 0.2) is 4.99 Å². The lowest BCUT2D eigenvalue weighted by Gasteiger charge is -2.29. The highest BCUT2D eigenvalue weighted by atomic mass is 32.2. The molecular weight excluding hydrogens is 254 g/mol. The fourth-order valence-corrected chi connectivity index (χ4v) is 4.43. The highest BCUT2D eigenvalue weighted by Crippen LogP contribution is 2.24. The van der Waals surface area contributed by atoms with E-state index in [2.05, 4.69) is 4.99 Å². The zero-order valence-corrected chi connectivity index (χ0v) is 11.2. The summed E-state index contributed by atoms with van der Waals surface area (Å²) in [5.41, 5.74) is 0. The highest BCUT2D eigenvalue weighted by Gasteiger charge is 2.36.